The lowest BCUT2D eigenvalue weighted by molar-refractivity contribution is -0.115. The van der Waals surface area contributed by atoms with Crippen molar-refractivity contribution in [3.8, 4) is 0 Å². The zero-order chi connectivity index (χ0) is 10.7. The Bertz CT molecular complexity index is 381. The van der Waals surface area contributed by atoms with Crippen LogP contribution in [0.15, 0.2) is 42.1 Å². The average Bonchev–Trinajstić information content (AvgIpc) is 2.17. The molecule has 2 nitrogen and oxygen atoms in total. The molecule has 0 amide bonds. The van der Waals surface area contributed by atoms with Gasteiger partial charge in [-0.15, -0.1) is 0 Å². The number of para-hydroxylation sites is 1. The SMILES string of the molecule is CC1CC(=O)C=C(Nc2ccccc2)C1. The fourth-order valence-corrected chi connectivity index (χ4v) is 1.90. The maximum Gasteiger partial charge on any atom is 0.157 e. The second-order valence-electron chi connectivity index (χ2n) is 4.14. The molecule has 1 aliphatic rings. The fraction of sp³-hybridized carbons (Fsp3) is 0.308. The Balaban J connectivity index is 2.09. The van der Waals surface area contributed by atoms with Crippen molar-refractivity contribution in [2.45, 2.75) is 19.8 Å². The Morgan fingerprint density at radius 3 is 2.60 bits per heavy atom. The van der Waals surface area contributed by atoms with Crippen LogP contribution < -0.4 is 5.32 Å². The summed E-state index contributed by atoms with van der Waals surface area (Å²) in [5.41, 5.74) is 2.08. The number of rotatable bonds is 2. The second-order valence-corrected chi connectivity index (χ2v) is 4.14. The summed E-state index contributed by atoms with van der Waals surface area (Å²) < 4.78 is 0. The van der Waals surface area contributed by atoms with Gasteiger partial charge in [-0.3, -0.25) is 4.79 Å². The minimum atomic E-state index is 0.229. The molecule has 2 heteroatoms. The van der Waals surface area contributed by atoms with Crippen LogP contribution in [0.2, 0.25) is 0 Å². The summed E-state index contributed by atoms with van der Waals surface area (Å²) in [4.78, 5) is 11.4. The van der Waals surface area contributed by atoms with E-state index >= 15 is 0 Å². The molecule has 1 unspecified atom stereocenters. The first-order valence-electron chi connectivity index (χ1n) is 5.29. The van der Waals surface area contributed by atoms with Crippen LogP contribution in [0.4, 0.5) is 5.69 Å². The van der Waals surface area contributed by atoms with Crippen LogP contribution in [0.5, 0.6) is 0 Å². The number of carbonyl (C=O) groups excluding carboxylic acids is 1. The summed E-state index contributed by atoms with van der Waals surface area (Å²) in [6, 6.07) is 9.96. The average molecular weight is 201 g/mol. The third-order valence-corrected chi connectivity index (χ3v) is 2.53. The number of allylic oxidation sites excluding steroid dienone is 2. The number of hydrogen-bond acceptors (Lipinski definition) is 2. The number of ketones is 1. The topological polar surface area (TPSA) is 29.1 Å². The predicted molar refractivity (Wildman–Crippen MR) is 61.6 cm³/mol. The van der Waals surface area contributed by atoms with Gasteiger partial charge in [-0.2, -0.15) is 0 Å². The van der Waals surface area contributed by atoms with E-state index in [-0.39, 0.29) is 5.78 Å². The molecule has 0 radical (unpaired) electrons. The highest BCUT2D eigenvalue weighted by molar-refractivity contribution is 5.91. The van der Waals surface area contributed by atoms with Gasteiger partial charge in [0.2, 0.25) is 0 Å². The first-order valence-corrected chi connectivity index (χ1v) is 5.29. The van der Waals surface area contributed by atoms with Crippen LogP contribution in [-0.4, -0.2) is 5.78 Å². The zero-order valence-corrected chi connectivity index (χ0v) is 8.86. The van der Waals surface area contributed by atoms with Gasteiger partial charge in [0.25, 0.3) is 0 Å². The van der Waals surface area contributed by atoms with Gasteiger partial charge in [-0.1, -0.05) is 25.1 Å². The number of hydrogen-bond donors (Lipinski definition) is 1. The predicted octanol–water partition coefficient (Wildman–Crippen LogP) is 2.98. The summed E-state index contributed by atoms with van der Waals surface area (Å²) in [6.07, 6.45) is 3.37. The van der Waals surface area contributed by atoms with Crippen LogP contribution >= 0.6 is 0 Å². The van der Waals surface area contributed by atoms with E-state index in [0.29, 0.717) is 12.3 Å². The molecule has 0 aromatic heterocycles. The number of carbonyl (C=O) groups is 1. The molecule has 1 atom stereocenters. The lowest BCUT2D eigenvalue weighted by Gasteiger charge is -2.19. The lowest BCUT2D eigenvalue weighted by Crippen LogP contribution is -2.15. The standard InChI is InChI=1S/C13H15NO/c1-10-7-12(9-13(15)8-10)14-11-5-3-2-4-6-11/h2-6,9-10,14H,7-8H2,1H3. The largest absolute Gasteiger partial charge is 0.359 e. The molecule has 0 saturated carbocycles. The van der Waals surface area contributed by atoms with Gasteiger partial charge in [0.15, 0.2) is 5.78 Å². The lowest BCUT2D eigenvalue weighted by atomic mass is 9.93. The van der Waals surface area contributed by atoms with Gasteiger partial charge in [-0.05, 0) is 24.5 Å². The molecule has 78 valence electrons. The van der Waals surface area contributed by atoms with Crippen molar-refractivity contribution in [1.29, 1.82) is 0 Å². The third-order valence-electron chi connectivity index (χ3n) is 2.53. The highest BCUT2D eigenvalue weighted by Gasteiger charge is 2.16. The van der Waals surface area contributed by atoms with Gasteiger partial charge < -0.3 is 5.32 Å². The Hall–Kier alpha value is -1.57. The van der Waals surface area contributed by atoms with Crippen LogP contribution in [0, 0.1) is 5.92 Å². The van der Waals surface area contributed by atoms with Gasteiger partial charge in [-0.25, -0.2) is 0 Å². The Morgan fingerprint density at radius 2 is 1.93 bits per heavy atom. The van der Waals surface area contributed by atoms with Gasteiger partial charge in [0, 0.05) is 23.9 Å². The molecule has 1 aromatic carbocycles. The summed E-state index contributed by atoms with van der Waals surface area (Å²) in [5.74, 6) is 0.681. The molecule has 0 fully saturated rings. The molecule has 1 aliphatic carbocycles. The molecular weight excluding hydrogens is 186 g/mol. The van der Waals surface area contributed by atoms with Crippen molar-refractivity contribution in [3.63, 3.8) is 0 Å². The molecule has 0 bridgehead atoms. The van der Waals surface area contributed by atoms with E-state index in [1.54, 1.807) is 6.08 Å². The highest BCUT2D eigenvalue weighted by atomic mass is 16.1. The van der Waals surface area contributed by atoms with E-state index in [9.17, 15) is 4.79 Å². The zero-order valence-electron chi connectivity index (χ0n) is 8.86. The van der Waals surface area contributed by atoms with Crippen molar-refractivity contribution in [2.24, 2.45) is 5.92 Å². The molecular formula is C13H15NO. The maximum atomic E-state index is 11.4. The van der Waals surface area contributed by atoms with Gasteiger partial charge in [0.1, 0.15) is 0 Å². The molecule has 2 rings (SSSR count). The molecule has 0 saturated heterocycles. The number of benzene rings is 1. The van der Waals surface area contributed by atoms with E-state index in [0.717, 1.165) is 17.8 Å². The minimum absolute atomic E-state index is 0.229. The third kappa shape index (κ3) is 2.69. The minimum Gasteiger partial charge on any atom is -0.359 e. The molecule has 15 heavy (non-hydrogen) atoms. The quantitative estimate of drug-likeness (QED) is 0.797. The van der Waals surface area contributed by atoms with E-state index in [2.05, 4.69) is 12.2 Å². The smallest absolute Gasteiger partial charge is 0.157 e. The Labute approximate surface area is 90.0 Å². The van der Waals surface area contributed by atoms with Gasteiger partial charge >= 0.3 is 0 Å². The number of nitrogens with one attached hydrogen (secondary N) is 1. The monoisotopic (exact) mass is 201 g/mol. The van der Waals surface area contributed by atoms with Crippen molar-refractivity contribution < 1.29 is 4.79 Å². The molecule has 0 aliphatic heterocycles. The van der Waals surface area contributed by atoms with Crippen molar-refractivity contribution >= 4 is 11.5 Å². The summed E-state index contributed by atoms with van der Waals surface area (Å²) in [7, 11) is 0. The fourth-order valence-electron chi connectivity index (χ4n) is 1.90. The van der Waals surface area contributed by atoms with Crippen LogP contribution in [0.1, 0.15) is 19.8 Å². The molecule has 1 aromatic rings. The van der Waals surface area contributed by atoms with Crippen LogP contribution in [0.25, 0.3) is 0 Å². The summed E-state index contributed by atoms with van der Waals surface area (Å²) >= 11 is 0. The summed E-state index contributed by atoms with van der Waals surface area (Å²) in [6.45, 7) is 2.11. The van der Waals surface area contributed by atoms with Crippen molar-refractivity contribution in [1.82, 2.24) is 0 Å². The first-order chi connectivity index (χ1) is 7.24. The Morgan fingerprint density at radius 1 is 1.20 bits per heavy atom. The van der Waals surface area contributed by atoms with Crippen LogP contribution in [0.3, 0.4) is 0 Å². The van der Waals surface area contributed by atoms with Gasteiger partial charge in [0.05, 0.1) is 0 Å². The molecule has 0 spiro atoms. The van der Waals surface area contributed by atoms with E-state index < -0.39 is 0 Å². The van der Waals surface area contributed by atoms with Crippen molar-refractivity contribution in [2.75, 3.05) is 5.32 Å². The normalized spacial score (nSPS) is 21.0. The van der Waals surface area contributed by atoms with E-state index in [1.807, 2.05) is 30.3 Å². The molecule has 0 heterocycles. The molecule has 1 N–H and O–H groups in total. The Kier molecular flexibility index (Phi) is 2.86. The number of anilines is 1. The maximum absolute atomic E-state index is 11.4. The van der Waals surface area contributed by atoms with Crippen LogP contribution in [-0.2, 0) is 4.79 Å². The highest BCUT2D eigenvalue weighted by Crippen LogP contribution is 2.22. The second kappa shape index (κ2) is 4.30. The van der Waals surface area contributed by atoms with E-state index in [1.165, 1.54) is 0 Å². The van der Waals surface area contributed by atoms with Crippen molar-refractivity contribution in [3.05, 3.63) is 42.1 Å². The van der Waals surface area contributed by atoms with E-state index in [4.69, 9.17) is 0 Å². The summed E-state index contributed by atoms with van der Waals surface area (Å²) in [5, 5.41) is 3.28. The first kappa shape index (κ1) is 9.97.